The molecular weight excluding hydrogens is 276 g/mol. The number of amides is 2. The van der Waals surface area contributed by atoms with E-state index < -0.39 is 5.41 Å². The highest BCUT2D eigenvalue weighted by atomic mass is 16.2. The van der Waals surface area contributed by atoms with Crippen molar-refractivity contribution in [2.45, 2.75) is 39.0 Å². The smallest absolute Gasteiger partial charge is 0.235 e. The Labute approximate surface area is 132 Å². The molecule has 0 unspecified atom stereocenters. The second-order valence-corrected chi connectivity index (χ2v) is 6.49. The third kappa shape index (κ3) is 3.16. The predicted molar refractivity (Wildman–Crippen MR) is 87.4 cm³/mol. The molecule has 1 fully saturated rings. The average molecular weight is 302 g/mol. The Morgan fingerprint density at radius 1 is 1.14 bits per heavy atom. The van der Waals surface area contributed by atoms with Gasteiger partial charge >= 0.3 is 0 Å². The molecule has 2 N–H and O–H groups in total. The zero-order valence-corrected chi connectivity index (χ0v) is 13.7. The Kier molecular flexibility index (Phi) is 5.22. The van der Waals surface area contributed by atoms with E-state index in [2.05, 4.69) is 36.6 Å². The fourth-order valence-corrected chi connectivity index (χ4v) is 3.14. The van der Waals surface area contributed by atoms with Crippen molar-refractivity contribution in [1.29, 1.82) is 0 Å². The van der Waals surface area contributed by atoms with Gasteiger partial charge in [-0.2, -0.15) is 0 Å². The van der Waals surface area contributed by atoms with Crippen LogP contribution >= 0.6 is 0 Å². The van der Waals surface area contributed by atoms with Gasteiger partial charge in [-0.1, -0.05) is 50.6 Å². The van der Waals surface area contributed by atoms with Crippen molar-refractivity contribution >= 4 is 11.8 Å². The molecule has 0 heterocycles. The second kappa shape index (κ2) is 6.95. The molecule has 0 spiro atoms. The van der Waals surface area contributed by atoms with Crippen LogP contribution in [0.4, 0.5) is 0 Å². The Hall–Kier alpha value is -1.84. The quantitative estimate of drug-likeness (QED) is 0.793. The first-order chi connectivity index (χ1) is 10.5. The minimum Gasteiger partial charge on any atom is -0.358 e. The van der Waals surface area contributed by atoms with E-state index >= 15 is 0 Å². The van der Waals surface area contributed by atoms with E-state index in [0.717, 1.165) is 6.42 Å². The topological polar surface area (TPSA) is 58.2 Å². The molecule has 120 valence electrons. The van der Waals surface area contributed by atoms with Gasteiger partial charge in [-0.25, -0.2) is 0 Å². The van der Waals surface area contributed by atoms with Crippen molar-refractivity contribution in [1.82, 2.24) is 10.6 Å². The van der Waals surface area contributed by atoms with Crippen molar-refractivity contribution in [3.63, 3.8) is 0 Å². The zero-order valence-electron chi connectivity index (χ0n) is 13.7. The van der Waals surface area contributed by atoms with Crippen LogP contribution in [-0.2, 0) is 9.59 Å². The lowest BCUT2D eigenvalue weighted by Gasteiger charge is -2.38. The van der Waals surface area contributed by atoms with E-state index in [4.69, 9.17) is 0 Å². The summed E-state index contributed by atoms with van der Waals surface area (Å²) in [5.41, 5.74) is 0.382. The van der Waals surface area contributed by atoms with Crippen LogP contribution in [0, 0.1) is 11.3 Å². The van der Waals surface area contributed by atoms with Gasteiger partial charge < -0.3 is 10.6 Å². The van der Waals surface area contributed by atoms with Crippen LogP contribution in [0.5, 0.6) is 0 Å². The summed E-state index contributed by atoms with van der Waals surface area (Å²) in [6, 6.07) is 10.2. The number of carbonyl (C=O) groups excluding carboxylic acids is 2. The second-order valence-electron chi connectivity index (χ2n) is 6.49. The molecule has 1 aromatic carbocycles. The molecule has 2 amide bonds. The van der Waals surface area contributed by atoms with Crippen LogP contribution in [0.2, 0.25) is 0 Å². The fraction of sp³-hybridized carbons (Fsp3) is 0.556. The van der Waals surface area contributed by atoms with Gasteiger partial charge in [0.15, 0.2) is 0 Å². The maximum absolute atomic E-state index is 12.5. The number of hydrogen-bond acceptors (Lipinski definition) is 2. The molecule has 1 aliphatic carbocycles. The SMILES string of the molecule is CNC(=O)C1(C(=O)NC[C@@H](c2ccccc2)C(C)C)CCC1. The number of rotatable bonds is 6. The van der Waals surface area contributed by atoms with E-state index in [9.17, 15) is 9.59 Å². The Morgan fingerprint density at radius 3 is 2.23 bits per heavy atom. The number of hydrogen-bond donors (Lipinski definition) is 2. The molecular formula is C18H26N2O2. The maximum atomic E-state index is 12.5. The summed E-state index contributed by atoms with van der Waals surface area (Å²) in [4.78, 5) is 24.6. The van der Waals surface area contributed by atoms with E-state index in [0.29, 0.717) is 25.3 Å². The summed E-state index contributed by atoms with van der Waals surface area (Å²) >= 11 is 0. The largest absolute Gasteiger partial charge is 0.358 e. The third-order valence-electron chi connectivity index (χ3n) is 4.82. The van der Waals surface area contributed by atoms with E-state index in [-0.39, 0.29) is 17.7 Å². The normalized spacial score (nSPS) is 17.5. The summed E-state index contributed by atoms with van der Waals surface area (Å²) in [5, 5.41) is 5.65. The van der Waals surface area contributed by atoms with E-state index in [1.54, 1.807) is 7.05 Å². The molecule has 0 bridgehead atoms. The summed E-state index contributed by atoms with van der Waals surface area (Å²) in [5.74, 6) is 0.392. The fourth-order valence-electron chi connectivity index (χ4n) is 3.14. The van der Waals surface area contributed by atoms with Crippen LogP contribution in [0.3, 0.4) is 0 Å². The van der Waals surface area contributed by atoms with Gasteiger partial charge in [-0.15, -0.1) is 0 Å². The summed E-state index contributed by atoms with van der Waals surface area (Å²) < 4.78 is 0. The molecule has 22 heavy (non-hydrogen) atoms. The third-order valence-corrected chi connectivity index (χ3v) is 4.82. The molecule has 1 atom stereocenters. The minimum absolute atomic E-state index is 0.125. The zero-order chi connectivity index (χ0) is 16.2. The van der Waals surface area contributed by atoms with Gasteiger partial charge in [0.25, 0.3) is 0 Å². The number of benzene rings is 1. The molecule has 0 aromatic heterocycles. The monoisotopic (exact) mass is 302 g/mol. The molecule has 1 saturated carbocycles. The van der Waals surface area contributed by atoms with Crippen molar-refractivity contribution in [3.8, 4) is 0 Å². The predicted octanol–water partition coefficient (Wildman–Crippen LogP) is 2.46. The van der Waals surface area contributed by atoms with Gasteiger partial charge in [-0.05, 0) is 24.3 Å². The highest BCUT2D eigenvalue weighted by Crippen LogP contribution is 2.41. The van der Waals surface area contributed by atoms with Crippen molar-refractivity contribution in [2.24, 2.45) is 11.3 Å². The molecule has 0 saturated heterocycles. The number of carbonyl (C=O) groups is 2. The Balaban J connectivity index is 2.04. The lowest BCUT2D eigenvalue weighted by atomic mass is 9.67. The highest BCUT2D eigenvalue weighted by molar-refractivity contribution is 6.05. The first-order valence-electron chi connectivity index (χ1n) is 8.06. The van der Waals surface area contributed by atoms with Gasteiger partial charge in [0, 0.05) is 19.5 Å². The molecule has 1 aromatic rings. The van der Waals surface area contributed by atoms with Crippen LogP contribution < -0.4 is 10.6 Å². The van der Waals surface area contributed by atoms with Crippen molar-refractivity contribution in [3.05, 3.63) is 35.9 Å². The summed E-state index contributed by atoms with van der Waals surface area (Å²) in [6.45, 7) is 4.88. The molecule has 1 aliphatic rings. The molecule has 4 nitrogen and oxygen atoms in total. The first kappa shape index (κ1) is 16.5. The van der Waals surface area contributed by atoms with Crippen LogP contribution in [0.1, 0.15) is 44.6 Å². The standard InChI is InChI=1S/C18H26N2O2/c1-13(2)15(14-8-5-4-6-9-14)12-20-17(22)18(10-7-11-18)16(21)19-3/h4-6,8-9,13,15H,7,10-12H2,1-3H3,(H,19,21)(H,20,22)/t15-/m1/s1. The van der Waals surface area contributed by atoms with E-state index in [1.165, 1.54) is 5.56 Å². The molecule has 0 radical (unpaired) electrons. The molecule has 4 heteroatoms. The van der Waals surface area contributed by atoms with Gasteiger partial charge in [0.05, 0.1) is 0 Å². The van der Waals surface area contributed by atoms with Crippen LogP contribution in [0.25, 0.3) is 0 Å². The minimum atomic E-state index is -0.840. The highest BCUT2D eigenvalue weighted by Gasteiger charge is 2.50. The Morgan fingerprint density at radius 2 is 1.77 bits per heavy atom. The van der Waals surface area contributed by atoms with Gasteiger partial charge in [0.2, 0.25) is 11.8 Å². The van der Waals surface area contributed by atoms with Crippen molar-refractivity contribution < 1.29 is 9.59 Å². The molecule has 0 aliphatic heterocycles. The lowest BCUT2D eigenvalue weighted by Crippen LogP contribution is -2.55. The van der Waals surface area contributed by atoms with Gasteiger partial charge in [-0.3, -0.25) is 9.59 Å². The van der Waals surface area contributed by atoms with E-state index in [1.807, 2.05) is 18.2 Å². The summed E-state index contributed by atoms with van der Waals surface area (Å²) in [7, 11) is 1.59. The Bertz CT molecular complexity index is 521. The first-order valence-corrected chi connectivity index (χ1v) is 8.06. The van der Waals surface area contributed by atoms with Crippen LogP contribution in [0.15, 0.2) is 30.3 Å². The molecule has 2 rings (SSSR count). The summed E-state index contributed by atoms with van der Waals surface area (Å²) in [6.07, 6.45) is 2.24. The maximum Gasteiger partial charge on any atom is 0.235 e. The average Bonchev–Trinajstić information content (AvgIpc) is 2.46. The lowest BCUT2D eigenvalue weighted by molar-refractivity contribution is -0.149. The van der Waals surface area contributed by atoms with Gasteiger partial charge in [0.1, 0.15) is 5.41 Å². The van der Waals surface area contributed by atoms with Crippen molar-refractivity contribution in [2.75, 3.05) is 13.6 Å². The van der Waals surface area contributed by atoms with Crippen LogP contribution in [-0.4, -0.2) is 25.4 Å². The number of nitrogens with one attached hydrogen (secondary N) is 2.